The second kappa shape index (κ2) is 9.81. The van der Waals surface area contributed by atoms with Gasteiger partial charge in [0.15, 0.2) is 0 Å². The van der Waals surface area contributed by atoms with Crippen LogP contribution in [0.15, 0.2) is 41.6 Å². The van der Waals surface area contributed by atoms with E-state index >= 15 is 0 Å². The third kappa shape index (κ3) is 5.40. The van der Waals surface area contributed by atoms with Crippen molar-refractivity contribution in [2.24, 2.45) is 5.92 Å². The molecule has 1 aromatic heterocycles. The fraction of sp³-hybridized carbons (Fsp3) is 0.429. The van der Waals surface area contributed by atoms with Gasteiger partial charge in [0.1, 0.15) is 0 Å². The molecule has 144 valence electrons. The summed E-state index contributed by atoms with van der Waals surface area (Å²) >= 11 is 14.0. The van der Waals surface area contributed by atoms with Crippen molar-refractivity contribution in [1.82, 2.24) is 9.88 Å². The van der Waals surface area contributed by atoms with Gasteiger partial charge in [0.05, 0.1) is 15.6 Å². The van der Waals surface area contributed by atoms with Gasteiger partial charge in [-0.1, -0.05) is 49.0 Å². The molecule has 1 aliphatic rings. The van der Waals surface area contributed by atoms with E-state index in [1.165, 1.54) is 12.8 Å². The highest BCUT2D eigenvalue weighted by molar-refractivity contribution is 7.98. The molecule has 3 nitrogen and oxygen atoms in total. The Hall–Kier alpha value is -1.23. The number of rotatable bonds is 6. The summed E-state index contributed by atoms with van der Waals surface area (Å²) in [5.74, 6) is 1.51. The Morgan fingerprint density at radius 1 is 1.22 bits per heavy atom. The Balaban J connectivity index is 1.63. The van der Waals surface area contributed by atoms with Crippen molar-refractivity contribution in [3.05, 3.63) is 57.8 Å². The number of carbonyl (C=O) groups excluding carboxylic acids is 1. The zero-order valence-electron chi connectivity index (χ0n) is 15.5. The number of hydrogen-bond donors (Lipinski definition) is 0. The van der Waals surface area contributed by atoms with Gasteiger partial charge in [-0.25, -0.2) is 0 Å². The van der Waals surface area contributed by atoms with Crippen LogP contribution >= 0.6 is 35.0 Å². The topological polar surface area (TPSA) is 33.2 Å². The van der Waals surface area contributed by atoms with E-state index in [2.05, 4.69) is 11.9 Å². The average molecular weight is 423 g/mol. The summed E-state index contributed by atoms with van der Waals surface area (Å²) < 4.78 is 0. The first-order valence-electron chi connectivity index (χ1n) is 9.38. The molecule has 1 aromatic carbocycles. The van der Waals surface area contributed by atoms with Crippen LogP contribution in [-0.4, -0.2) is 28.9 Å². The van der Waals surface area contributed by atoms with Gasteiger partial charge in [0.2, 0.25) is 0 Å². The molecule has 1 amide bonds. The summed E-state index contributed by atoms with van der Waals surface area (Å²) in [7, 11) is 0. The molecule has 0 radical (unpaired) electrons. The molecular formula is C21H24Cl2N2OS. The Bertz CT molecular complexity index is 771. The van der Waals surface area contributed by atoms with Crippen LogP contribution in [0.25, 0.3) is 0 Å². The molecule has 0 spiro atoms. The van der Waals surface area contributed by atoms with Crippen molar-refractivity contribution in [3.63, 3.8) is 0 Å². The second-order valence-corrected chi connectivity index (χ2v) is 8.75. The fourth-order valence-corrected chi connectivity index (χ4v) is 5.08. The minimum atomic E-state index is 0.0834. The lowest BCUT2D eigenvalue weighted by atomic mass is 9.92. The van der Waals surface area contributed by atoms with Crippen molar-refractivity contribution in [2.75, 3.05) is 13.1 Å². The molecule has 0 bridgehead atoms. The predicted molar refractivity (Wildman–Crippen MR) is 114 cm³/mol. The molecule has 0 N–H and O–H groups in total. The van der Waals surface area contributed by atoms with Crippen LogP contribution in [0.4, 0.5) is 0 Å². The summed E-state index contributed by atoms with van der Waals surface area (Å²) in [5, 5.41) is 1.28. The van der Waals surface area contributed by atoms with Crippen molar-refractivity contribution in [2.45, 2.75) is 43.3 Å². The lowest BCUT2D eigenvalue weighted by Gasteiger charge is -2.32. The summed E-state index contributed by atoms with van der Waals surface area (Å²) in [6.45, 7) is 3.91. The minimum absolute atomic E-state index is 0.0834. The maximum absolute atomic E-state index is 12.8. The number of pyridine rings is 1. The number of amides is 1. The fourth-order valence-electron chi connectivity index (χ4n) is 3.47. The van der Waals surface area contributed by atoms with Crippen LogP contribution < -0.4 is 0 Å². The molecule has 27 heavy (non-hydrogen) atoms. The van der Waals surface area contributed by atoms with Gasteiger partial charge in [-0.05, 0) is 42.5 Å². The van der Waals surface area contributed by atoms with E-state index in [9.17, 15) is 4.79 Å². The number of piperidine rings is 1. The Morgan fingerprint density at radius 2 is 1.93 bits per heavy atom. The van der Waals surface area contributed by atoms with E-state index in [0.717, 1.165) is 42.3 Å². The molecule has 2 heterocycles. The number of likely N-dealkylation sites (tertiary alicyclic amines) is 1. The number of aromatic nitrogens is 1. The Labute approximate surface area is 175 Å². The van der Waals surface area contributed by atoms with E-state index in [1.807, 2.05) is 29.2 Å². The highest BCUT2D eigenvalue weighted by Gasteiger charge is 2.23. The van der Waals surface area contributed by atoms with Gasteiger partial charge in [-0.15, -0.1) is 11.8 Å². The molecule has 1 aliphatic heterocycles. The number of halogens is 2. The summed E-state index contributed by atoms with van der Waals surface area (Å²) in [4.78, 5) is 19.9. The zero-order valence-corrected chi connectivity index (χ0v) is 17.8. The van der Waals surface area contributed by atoms with E-state index in [0.29, 0.717) is 21.4 Å². The maximum Gasteiger partial charge on any atom is 0.255 e. The molecule has 6 heteroatoms. The smallest absolute Gasteiger partial charge is 0.255 e. The number of nitrogens with zero attached hydrogens (tertiary/aromatic N) is 2. The van der Waals surface area contributed by atoms with E-state index in [4.69, 9.17) is 23.2 Å². The molecule has 0 atom stereocenters. The lowest BCUT2D eigenvalue weighted by Crippen LogP contribution is -2.38. The van der Waals surface area contributed by atoms with Gasteiger partial charge < -0.3 is 4.90 Å². The molecule has 1 fully saturated rings. The summed E-state index contributed by atoms with van der Waals surface area (Å²) in [6.07, 6.45) is 8.15. The number of carbonyl (C=O) groups is 1. The van der Waals surface area contributed by atoms with Gasteiger partial charge in [0, 0.05) is 36.1 Å². The van der Waals surface area contributed by atoms with Gasteiger partial charge in [-0.2, -0.15) is 0 Å². The number of thioether (sulfide) groups is 1. The molecule has 2 aromatic rings. The molecular weight excluding hydrogens is 399 g/mol. The van der Waals surface area contributed by atoms with Crippen molar-refractivity contribution >= 4 is 40.9 Å². The quantitative estimate of drug-likeness (QED) is 0.509. The van der Waals surface area contributed by atoms with Crippen LogP contribution in [-0.2, 0) is 5.75 Å². The van der Waals surface area contributed by atoms with Gasteiger partial charge in [-0.3, -0.25) is 9.78 Å². The van der Waals surface area contributed by atoms with E-state index < -0.39 is 0 Å². The highest BCUT2D eigenvalue weighted by Crippen LogP contribution is 2.35. The maximum atomic E-state index is 12.8. The van der Waals surface area contributed by atoms with Crippen molar-refractivity contribution in [1.29, 1.82) is 0 Å². The lowest BCUT2D eigenvalue weighted by molar-refractivity contribution is 0.0686. The van der Waals surface area contributed by atoms with Crippen molar-refractivity contribution in [3.8, 4) is 0 Å². The second-order valence-electron chi connectivity index (χ2n) is 6.95. The number of hydrogen-bond acceptors (Lipinski definition) is 3. The largest absolute Gasteiger partial charge is 0.339 e. The van der Waals surface area contributed by atoms with Gasteiger partial charge in [0.25, 0.3) is 5.91 Å². The van der Waals surface area contributed by atoms with E-state index in [1.54, 1.807) is 24.2 Å². The molecule has 1 saturated heterocycles. The summed E-state index contributed by atoms with van der Waals surface area (Å²) in [6, 6.07) is 7.43. The first-order chi connectivity index (χ1) is 13.1. The van der Waals surface area contributed by atoms with E-state index in [-0.39, 0.29) is 5.91 Å². The molecule has 0 saturated carbocycles. The highest BCUT2D eigenvalue weighted by atomic mass is 35.5. The predicted octanol–water partition coefficient (Wildman–Crippen LogP) is 6.33. The first-order valence-corrected chi connectivity index (χ1v) is 11.1. The normalized spacial score (nSPS) is 15.1. The molecule has 0 aliphatic carbocycles. The molecule has 0 unspecified atom stereocenters. The zero-order chi connectivity index (χ0) is 19.2. The van der Waals surface area contributed by atoms with Crippen LogP contribution in [0.2, 0.25) is 10.0 Å². The van der Waals surface area contributed by atoms with Crippen LogP contribution in [0, 0.1) is 5.92 Å². The van der Waals surface area contributed by atoms with Gasteiger partial charge >= 0.3 is 0 Å². The first kappa shape index (κ1) is 20.5. The third-order valence-electron chi connectivity index (χ3n) is 4.94. The molecule has 3 rings (SSSR count). The van der Waals surface area contributed by atoms with Crippen LogP contribution in [0.3, 0.4) is 0 Å². The monoisotopic (exact) mass is 422 g/mol. The Kier molecular flexibility index (Phi) is 7.45. The van der Waals surface area contributed by atoms with Crippen molar-refractivity contribution < 1.29 is 4.79 Å². The number of benzene rings is 1. The minimum Gasteiger partial charge on any atom is -0.339 e. The third-order valence-corrected chi connectivity index (χ3v) is 7.00. The average Bonchev–Trinajstić information content (AvgIpc) is 2.68. The SMILES string of the molecule is CCCC1CCN(C(=O)c2cncc(CSc3c(Cl)cccc3Cl)c2)CC1. The van der Waals surface area contributed by atoms with Crippen LogP contribution in [0.1, 0.15) is 48.5 Å². The van der Waals surface area contributed by atoms with Crippen LogP contribution in [0.5, 0.6) is 0 Å². The summed E-state index contributed by atoms with van der Waals surface area (Å²) in [5.41, 5.74) is 1.65. The Morgan fingerprint density at radius 3 is 2.59 bits per heavy atom. The standard InChI is InChI=1S/C21H24Cl2N2OS/c1-2-4-15-7-9-25(10-8-15)21(26)17-11-16(12-24-13-17)14-27-20-18(22)5-3-6-19(20)23/h3,5-6,11-13,15H,2,4,7-10,14H2,1H3.